The average Bonchev–Trinajstić information content (AvgIpc) is 2.99. The van der Waals surface area contributed by atoms with Gasteiger partial charge in [0.15, 0.2) is 0 Å². The van der Waals surface area contributed by atoms with Gasteiger partial charge in [-0.3, -0.25) is 0 Å². The molecule has 4 rings (SSSR count). The van der Waals surface area contributed by atoms with Crippen molar-refractivity contribution in [1.29, 1.82) is 0 Å². The van der Waals surface area contributed by atoms with Gasteiger partial charge in [-0.05, 0) is 82.6 Å². The van der Waals surface area contributed by atoms with Crippen LogP contribution in [0.3, 0.4) is 0 Å². The molecule has 6 nitrogen and oxygen atoms in total. The quantitative estimate of drug-likeness (QED) is 0.0664. The number of rotatable bonds is 16. The smallest absolute Gasteiger partial charge is 0.744 e. The first-order valence-electron chi connectivity index (χ1n) is 16.0. The number of hydrogen-bond donors (Lipinski definition) is 0. The van der Waals surface area contributed by atoms with Crippen LogP contribution in [0.15, 0.2) is 82.6 Å². The van der Waals surface area contributed by atoms with Gasteiger partial charge in [-0.2, -0.15) is 0 Å². The molecular weight excluding hydrogens is 633 g/mol. The van der Waals surface area contributed by atoms with E-state index in [9.17, 15) is 25.9 Å². The van der Waals surface area contributed by atoms with E-state index in [0.29, 0.717) is 0 Å². The van der Waals surface area contributed by atoms with Gasteiger partial charge in [-0.1, -0.05) is 127 Å². The molecular formula is C36H46CaO6S2. The van der Waals surface area contributed by atoms with Crippen LogP contribution in [-0.2, 0) is 33.1 Å². The van der Waals surface area contributed by atoms with Crippen LogP contribution in [0.4, 0.5) is 0 Å². The van der Waals surface area contributed by atoms with E-state index in [2.05, 4.69) is 26.0 Å². The standard InChI is InChI=1S/2C18H24O3S.Ca/c2*1-2-3-4-5-6-7-8-15-9-10-17-14-18(22(19,20)21)12-11-16(17)13-15;/h2*9-14H,2-8H2,1H3,(H,19,20,21);/q;;+2/p-2. The number of fused-ring (bicyclic) bond motifs is 2. The molecule has 0 fully saturated rings. The van der Waals surface area contributed by atoms with Crippen LogP contribution < -0.4 is 0 Å². The van der Waals surface area contributed by atoms with Crippen molar-refractivity contribution in [3.63, 3.8) is 0 Å². The Morgan fingerprint density at radius 1 is 0.444 bits per heavy atom. The SMILES string of the molecule is CCCCCCCCc1ccc2cc(S(=O)(=O)[O-])ccc2c1.CCCCCCCCc1ccc2cc(S(=O)(=O)[O-])ccc2c1.[Ca+2]. The van der Waals surface area contributed by atoms with Gasteiger partial charge in [0.05, 0.1) is 9.79 Å². The van der Waals surface area contributed by atoms with Crippen LogP contribution in [0.1, 0.15) is 102 Å². The fraction of sp³-hybridized carbons (Fsp3) is 0.444. The molecule has 4 aromatic rings. The summed E-state index contributed by atoms with van der Waals surface area (Å²) in [6.45, 7) is 4.44. The molecule has 0 aromatic heterocycles. The predicted molar refractivity (Wildman–Crippen MR) is 184 cm³/mol. The third kappa shape index (κ3) is 14.0. The molecule has 9 heteroatoms. The molecule has 0 bridgehead atoms. The molecule has 4 aromatic carbocycles. The van der Waals surface area contributed by atoms with Gasteiger partial charge >= 0.3 is 37.7 Å². The largest absolute Gasteiger partial charge is 2.00 e. The van der Waals surface area contributed by atoms with Crippen molar-refractivity contribution in [3.8, 4) is 0 Å². The fourth-order valence-electron chi connectivity index (χ4n) is 5.39. The summed E-state index contributed by atoms with van der Waals surface area (Å²) < 4.78 is 66.2. The molecule has 0 aliphatic heterocycles. The van der Waals surface area contributed by atoms with E-state index < -0.39 is 20.2 Å². The Labute approximate surface area is 300 Å². The minimum atomic E-state index is -4.38. The molecule has 0 aliphatic rings. The van der Waals surface area contributed by atoms with E-state index in [1.165, 1.54) is 112 Å². The maximum atomic E-state index is 11.0. The van der Waals surface area contributed by atoms with Gasteiger partial charge < -0.3 is 9.11 Å². The zero-order valence-electron chi connectivity index (χ0n) is 26.8. The molecule has 0 N–H and O–H groups in total. The molecule has 45 heavy (non-hydrogen) atoms. The van der Waals surface area contributed by atoms with Gasteiger partial charge in [0.1, 0.15) is 20.2 Å². The van der Waals surface area contributed by atoms with Gasteiger partial charge in [-0.25, -0.2) is 16.8 Å². The summed E-state index contributed by atoms with van der Waals surface area (Å²) in [5, 5.41) is 3.55. The first-order valence-corrected chi connectivity index (χ1v) is 18.8. The Kier molecular flexibility index (Phi) is 17.6. The molecule has 0 heterocycles. The van der Waals surface area contributed by atoms with Crippen molar-refractivity contribution in [2.75, 3.05) is 0 Å². The molecule has 0 amide bonds. The molecule has 0 aliphatic carbocycles. The van der Waals surface area contributed by atoms with Crippen LogP contribution in [0, 0.1) is 0 Å². The zero-order valence-corrected chi connectivity index (χ0v) is 30.6. The Balaban J connectivity index is 0.000000307. The van der Waals surface area contributed by atoms with E-state index in [1.807, 2.05) is 24.3 Å². The summed E-state index contributed by atoms with van der Waals surface area (Å²) in [5.41, 5.74) is 2.53. The predicted octanol–water partition coefficient (Wildman–Crippen LogP) is 8.91. The Morgan fingerprint density at radius 3 is 1.11 bits per heavy atom. The first kappa shape index (κ1) is 39.7. The normalized spacial score (nSPS) is 11.6. The van der Waals surface area contributed by atoms with Gasteiger partial charge in [-0.15, -0.1) is 0 Å². The minimum Gasteiger partial charge on any atom is -0.744 e. The Bertz CT molecular complexity index is 1570. The molecule has 0 saturated heterocycles. The third-order valence-electron chi connectivity index (χ3n) is 7.97. The fourth-order valence-corrected chi connectivity index (χ4v) is 6.40. The summed E-state index contributed by atoms with van der Waals surface area (Å²) in [5.74, 6) is 0. The molecule has 240 valence electrons. The van der Waals surface area contributed by atoms with Gasteiger partial charge in [0, 0.05) is 0 Å². The Hall–Kier alpha value is -1.52. The van der Waals surface area contributed by atoms with Crippen molar-refractivity contribution in [1.82, 2.24) is 0 Å². The van der Waals surface area contributed by atoms with Crippen LogP contribution >= 0.6 is 0 Å². The van der Waals surface area contributed by atoms with Crippen molar-refractivity contribution in [2.45, 2.75) is 114 Å². The van der Waals surface area contributed by atoms with E-state index in [0.717, 1.165) is 34.4 Å². The van der Waals surface area contributed by atoms with Crippen molar-refractivity contribution in [3.05, 3.63) is 83.9 Å². The topological polar surface area (TPSA) is 114 Å². The van der Waals surface area contributed by atoms with Gasteiger partial charge in [0.25, 0.3) is 0 Å². The minimum absolute atomic E-state index is 0. The van der Waals surface area contributed by atoms with Crippen LogP contribution in [0.5, 0.6) is 0 Å². The second kappa shape index (κ2) is 20.0. The van der Waals surface area contributed by atoms with Crippen molar-refractivity contribution >= 4 is 79.5 Å². The number of benzene rings is 4. The zero-order chi connectivity index (χ0) is 32.0. The van der Waals surface area contributed by atoms with E-state index >= 15 is 0 Å². The third-order valence-corrected chi connectivity index (χ3v) is 9.63. The van der Waals surface area contributed by atoms with Crippen LogP contribution in [0.2, 0.25) is 0 Å². The summed E-state index contributed by atoms with van der Waals surface area (Å²) in [6, 6.07) is 21.1. The van der Waals surface area contributed by atoms with Crippen LogP contribution in [0.25, 0.3) is 21.5 Å². The second-order valence-electron chi connectivity index (χ2n) is 11.6. The van der Waals surface area contributed by atoms with Crippen molar-refractivity contribution in [2.24, 2.45) is 0 Å². The summed E-state index contributed by atoms with van der Waals surface area (Å²) in [7, 11) is -8.76. The molecule has 0 saturated carbocycles. The molecule has 0 unspecified atom stereocenters. The van der Waals surface area contributed by atoms with E-state index in [1.54, 1.807) is 12.1 Å². The van der Waals surface area contributed by atoms with E-state index in [4.69, 9.17) is 0 Å². The maximum absolute atomic E-state index is 11.0. The average molecular weight is 679 g/mol. The monoisotopic (exact) mass is 678 g/mol. The number of hydrogen-bond acceptors (Lipinski definition) is 6. The molecule has 0 spiro atoms. The van der Waals surface area contributed by atoms with E-state index in [-0.39, 0.29) is 47.5 Å². The maximum Gasteiger partial charge on any atom is 2.00 e. The summed E-state index contributed by atoms with van der Waals surface area (Å²) >= 11 is 0. The first-order chi connectivity index (χ1) is 21.0. The molecule has 0 radical (unpaired) electrons. The number of unbranched alkanes of at least 4 members (excludes halogenated alkanes) is 10. The van der Waals surface area contributed by atoms with Crippen molar-refractivity contribution < 1.29 is 25.9 Å². The second-order valence-corrected chi connectivity index (χ2v) is 14.4. The van der Waals surface area contributed by atoms with Crippen LogP contribution in [-0.4, -0.2) is 63.7 Å². The summed E-state index contributed by atoms with van der Waals surface area (Å²) in [6.07, 6.45) is 17.4. The van der Waals surface area contributed by atoms with Gasteiger partial charge in [0.2, 0.25) is 0 Å². The Morgan fingerprint density at radius 2 is 0.756 bits per heavy atom. The molecule has 0 atom stereocenters. The number of aryl methyl sites for hydroxylation is 2. The summed E-state index contributed by atoms with van der Waals surface area (Å²) in [4.78, 5) is -0.327.